The van der Waals surface area contributed by atoms with Gasteiger partial charge in [-0.2, -0.15) is 0 Å². The molecule has 9 nitrogen and oxygen atoms in total. The first-order valence-electron chi connectivity index (χ1n) is 13.0. The number of nitrogens with zero attached hydrogens (tertiary/aromatic N) is 5. The molecule has 1 aliphatic carbocycles. The smallest absolute Gasteiger partial charge is 0.323 e. The third kappa shape index (κ3) is 5.40. The Hall–Kier alpha value is -3.73. The molecule has 2 aromatic heterocycles. The van der Waals surface area contributed by atoms with Crippen LogP contribution in [0.3, 0.4) is 0 Å². The Morgan fingerprint density at radius 1 is 1.10 bits per heavy atom. The summed E-state index contributed by atoms with van der Waals surface area (Å²) < 4.78 is 17.2. The maximum atomic E-state index is 15.1. The lowest BCUT2D eigenvalue weighted by atomic mass is 10.1. The topological polar surface area (TPSA) is 104 Å². The third-order valence-corrected chi connectivity index (χ3v) is 7.76. The van der Waals surface area contributed by atoms with Crippen molar-refractivity contribution in [1.82, 2.24) is 24.3 Å². The van der Waals surface area contributed by atoms with E-state index in [1.165, 1.54) is 18.5 Å². The minimum Gasteiger partial charge on any atom is -0.383 e. The number of nitrogens with two attached hydrogens (primary N) is 1. The van der Waals surface area contributed by atoms with Crippen LogP contribution in [0.2, 0.25) is 5.02 Å². The number of anilines is 3. The average Bonchev–Trinajstić information content (AvgIpc) is 3.68. The number of hydrogen-bond donors (Lipinski definition) is 3. The normalized spacial score (nSPS) is 16.5. The molecule has 1 saturated carbocycles. The van der Waals surface area contributed by atoms with Gasteiger partial charge in [0, 0.05) is 61.2 Å². The van der Waals surface area contributed by atoms with Crippen LogP contribution in [0, 0.1) is 5.82 Å². The number of halogens is 2. The molecule has 11 heteroatoms. The fourth-order valence-corrected chi connectivity index (χ4v) is 5.27. The van der Waals surface area contributed by atoms with E-state index >= 15 is 4.39 Å². The molecular formula is C28H30ClFN8O. The largest absolute Gasteiger partial charge is 0.383 e. The highest BCUT2D eigenvalue weighted by Gasteiger charge is 2.28. The summed E-state index contributed by atoms with van der Waals surface area (Å²) in [7, 11) is 2.12. The molecule has 4 N–H and O–H groups in total. The van der Waals surface area contributed by atoms with E-state index in [0.29, 0.717) is 33.5 Å². The van der Waals surface area contributed by atoms with Crippen molar-refractivity contribution in [2.45, 2.75) is 25.4 Å². The SMILES string of the molecule is CN1CCN(Cc2ccc(NC(=O)Nc3ccc(-c4cn(C5CC5)c5ncnc(N)c45)cc3F)cc2Cl)CC1. The van der Waals surface area contributed by atoms with Crippen LogP contribution in [0.1, 0.15) is 24.4 Å². The number of likely N-dealkylation sites (N-methyl/N-ethyl adjacent to an activating group) is 1. The van der Waals surface area contributed by atoms with Crippen molar-refractivity contribution >= 4 is 45.9 Å². The van der Waals surface area contributed by atoms with Crippen LogP contribution in [-0.2, 0) is 6.54 Å². The molecule has 39 heavy (non-hydrogen) atoms. The van der Waals surface area contributed by atoms with Crippen molar-refractivity contribution in [2.75, 3.05) is 49.6 Å². The lowest BCUT2D eigenvalue weighted by Gasteiger charge is -2.32. The molecule has 0 bridgehead atoms. The molecule has 0 radical (unpaired) electrons. The molecule has 2 amide bonds. The Morgan fingerprint density at radius 2 is 1.90 bits per heavy atom. The number of rotatable bonds is 6. The van der Waals surface area contributed by atoms with E-state index in [1.807, 2.05) is 12.3 Å². The monoisotopic (exact) mass is 548 g/mol. The van der Waals surface area contributed by atoms with Gasteiger partial charge < -0.3 is 25.8 Å². The highest BCUT2D eigenvalue weighted by Crippen LogP contribution is 2.42. The Labute approximate surface area is 230 Å². The number of nitrogens with one attached hydrogen (secondary N) is 2. The number of aromatic nitrogens is 3. The van der Waals surface area contributed by atoms with Gasteiger partial charge in [0.1, 0.15) is 23.6 Å². The molecule has 6 rings (SSSR count). The lowest BCUT2D eigenvalue weighted by molar-refractivity contribution is 0.148. The van der Waals surface area contributed by atoms with Crippen molar-refractivity contribution < 1.29 is 9.18 Å². The van der Waals surface area contributed by atoms with Gasteiger partial charge in [0.25, 0.3) is 0 Å². The molecule has 0 unspecified atom stereocenters. The summed E-state index contributed by atoms with van der Waals surface area (Å²) in [6, 6.07) is 9.92. The van der Waals surface area contributed by atoms with Crippen LogP contribution in [0.5, 0.6) is 0 Å². The van der Waals surface area contributed by atoms with Gasteiger partial charge in [-0.05, 0) is 55.3 Å². The zero-order chi connectivity index (χ0) is 27.1. The van der Waals surface area contributed by atoms with Crippen molar-refractivity contribution in [3.05, 3.63) is 65.3 Å². The number of piperazine rings is 1. The highest BCUT2D eigenvalue weighted by atomic mass is 35.5. The van der Waals surface area contributed by atoms with Gasteiger partial charge in [-0.25, -0.2) is 19.2 Å². The maximum Gasteiger partial charge on any atom is 0.323 e. The zero-order valence-corrected chi connectivity index (χ0v) is 22.4. The molecule has 0 spiro atoms. The number of fused-ring (bicyclic) bond motifs is 1. The quantitative estimate of drug-likeness (QED) is 0.306. The second-order valence-electron chi connectivity index (χ2n) is 10.3. The molecule has 4 aromatic rings. The molecule has 2 aliphatic rings. The van der Waals surface area contributed by atoms with Gasteiger partial charge in [0.2, 0.25) is 0 Å². The Morgan fingerprint density at radius 3 is 2.62 bits per heavy atom. The van der Waals surface area contributed by atoms with Crippen molar-refractivity contribution in [1.29, 1.82) is 0 Å². The highest BCUT2D eigenvalue weighted by molar-refractivity contribution is 6.31. The van der Waals surface area contributed by atoms with Gasteiger partial charge >= 0.3 is 6.03 Å². The summed E-state index contributed by atoms with van der Waals surface area (Å²) >= 11 is 6.51. The minimum absolute atomic E-state index is 0.0594. The molecule has 3 heterocycles. The van der Waals surface area contributed by atoms with Gasteiger partial charge in [0.15, 0.2) is 0 Å². The summed E-state index contributed by atoms with van der Waals surface area (Å²) in [6.07, 6.45) is 5.55. The first-order valence-corrected chi connectivity index (χ1v) is 13.4. The Bertz CT molecular complexity index is 1540. The number of hydrogen-bond acceptors (Lipinski definition) is 6. The second-order valence-corrected chi connectivity index (χ2v) is 10.7. The number of carbonyl (C=O) groups is 1. The summed E-state index contributed by atoms with van der Waals surface area (Å²) in [5, 5.41) is 6.61. The fraction of sp³-hybridized carbons (Fsp3) is 0.321. The number of carbonyl (C=O) groups excluding carboxylic acids is 1. The maximum absolute atomic E-state index is 15.1. The first-order chi connectivity index (χ1) is 18.9. The molecular weight excluding hydrogens is 519 g/mol. The first kappa shape index (κ1) is 25.5. The fourth-order valence-electron chi connectivity index (χ4n) is 5.03. The van der Waals surface area contributed by atoms with E-state index in [4.69, 9.17) is 17.3 Å². The minimum atomic E-state index is -0.564. The molecule has 2 aromatic carbocycles. The van der Waals surface area contributed by atoms with Crippen LogP contribution in [-0.4, -0.2) is 63.6 Å². The number of benzene rings is 2. The average molecular weight is 549 g/mol. The van der Waals surface area contributed by atoms with Gasteiger partial charge in [0.05, 0.1) is 11.1 Å². The number of urea groups is 1. The lowest BCUT2D eigenvalue weighted by Crippen LogP contribution is -2.43. The molecule has 1 saturated heterocycles. The van der Waals surface area contributed by atoms with Crippen LogP contribution in [0.4, 0.5) is 26.4 Å². The Balaban J connectivity index is 1.14. The van der Waals surface area contributed by atoms with Crippen LogP contribution >= 0.6 is 11.6 Å². The van der Waals surface area contributed by atoms with Crippen molar-refractivity contribution in [3.8, 4) is 11.1 Å². The molecule has 202 valence electrons. The van der Waals surface area contributed by atoms with Gasteiger partial charge in [-0.3, -0.25) is 4.90 Å². The van der Waals surface area contributed by atoms with Crippen LogP contribution in [0.15, 0.2) is 48.9 Å². The van der Waals surface area contributed by atoms with E-state index in [9.17, 15) is 4.79 Å². The standard InChI is InChI=1S/C28H30ClFN8O/c1-36-8-10-37(11-9-36)14-18-2-4-19(13-22(18)29)34-28(39)35-24-7-3-17(12-23(24)30)21-15-38(20-5-6-20)27-25(21)26(31)32-16-33-27/h2-4,7,12-13,15-16,20H,5-6,8-11,14H2,1H3,(H2,31,32,33)(H2,34,35,39). The van der Waals surface area contributed by atoms with Crippen LogP contribution < -0.4 is 16.4 Å². The molecule has 1 aliphatic heterocycles. The van der Waals surface area contributed by atoms with E-state index in [0.717, 1.165) is 62.3 Å². The predicted molar refractivity (Wildman–Crippen MR) is 152 cm³/mol. The van der Waals surface area contributed by atoms with Gasteiger partial charge in [-0.15, -0.1) is 0 Å². The third-order valence-electron chi connectivity index (χ3n) is 7.41. The van der Waals surface area contributed by atoms with Crippen molar-refractivity contribution in [2.24, 2.45) is 0 Å². The second kappa shape index (κ2) is 10.4. The summed E-state index contributed by atoms with van der Waals surface area (Å²) in [5.74, 6) is -0.212. The summed E-state index contributed by atoms with van der Waals surface area (Å²) in [6.45, 7) is 4.79. The van der Waals surface area contributed by atoms with Crippen molar-refractivity contribution in [3.63, 3.8) is 0 Å². The Kier molecular flexibility index (Phi) is 6.84. The zero-order valence-electron chi connectivity index (χ0n) is 21.6. The number of amides is 2. The summed E-state index contributed by atoms with van der Waals surface area (Å²) in [5.41, 5.74) is 9.90. The van der Waals surface area contributed by atoms with E-state index in [-0.39, 0.29) is 5.69 Å². The van der Waals surface area contributed by atoms with Crippen LogP contribution in [0.25, 0.3) is 22.2 Å². The van der Waals surface area contributed by atoms with E-state index in [2.05, 4.69) is 42.0 Å². The molecule has 0 atom stereocenters. The molecule has 2 fully saturated rings. The van der Waals surface area contributed by atoms with Gasteiger partial charge in [-0.1, -0.05) is 23.7 Å². The predicted octanol–water partition coefficient (Wildman–Crippen LogP) is 5.20. The van der Waals surface area contributed by atoms with E-state index < -0.39 is 11.8 Å². The van der Waals surface area contributed by atoms with E-state index in [1.54, 1.807) is 18.2 Å². The number of nitrogen functional groups attached to an aromatic ring is 1. The summed E-state index contributed by atoms with van der Waals surface area (Å²) in [4.78, 5) is 25.9.